The van der Waals surface area contributed by atoms with E-state index in [2.05, 4.69) is 31.2 Å². The van der Waals surface area contributed by atoms with Crippen LogP contribution in [0, 0.1) is 11.3 Å². The van der Waals surface area contributed by atoms with Gasteiger partial charge in [0.2, 0.25) is 5.95 Å². The van der Waals surface area contributed by atoms with Gasteiger partial charge in [0.15, 0.2) is 11.5 Å². The third kappa shape index (κ3) is 3.96. The Kier molecular flexibility index (Phi) is 5.87. The van der Waals surface area contributed by atoms with Crippen molar-refractivity contribution in [2.45, 2.75) is 0 Å². The maximum Gasteiger partial charge on any atom is 0.270 e. The molecule has 0 unspecified atom stereocenters. The molecule has 28 heavy (non-hydrogen) atoms. The van der Waals surface area contributed by atoms with Gasteiger partial charge < -0.3 is 14.8 Å². The molecule has 2 N–H and O–H groups in total. The summed E-state index contributed by atoms with van der Waals surface area (Å²) in [5, 5.41) is 13.0. The van der Waals surface area contributed by atoms with E-state index >= 15 is 0 Å². The lowest BCUT2D eigenvalue weighted by Crippen LogP contribution is -2.16. The highest BCUT2D eigenvalue weighted by atomic mass is 79.9. The van der Waals surface area contributed by atoms with Crippen LogP contribution >= 0.6 is 27.5 Å². The third-order valence-corrected chi connectivity index (χ3v) is 4.69. The third-order valence-electron chi connectivity index (χ3n) is 3.85. The zero-order valence-corrected chi connectivity index (χ0v) is 17.2. The summed E-state index contributed by atoms with van der Waals surface area (Å²) >= 11 is 9.30. The van der Waals surface area contributed by atoms with Gasteiger partial charge in [0.05, 0.1) is 24.4 Å². The molecule has 142 valence electrons. The number of nitrogens with zero attached hydrogens (tertiary/aromatic N) is 2. The summed E-state index contributed by atoms with van der Waals surface area (Å²) in [5.41, 5.74) is 0.739. The molecule has 0 aliphatic rings. The molecule has 0 saturated heterocycles. The van der Waals surface area contributed by atoms with Gasteiger partial charge >= 0.3 is 0 Å². The standard InChI is InChI=1S/C19H14BrClN4O3/c1-27-15-8-10(7-14(20)17(15)28-2)16-13(9-22)18(26)25-19(24-16)23-12-5-3-11(21)4-6-12/h3-8H,1-2H3,(H2,23,24,25,26). The fraction of sp³-hybridized carbons (Fsp3) is 0.105. The number of hydrogen-bond acceptors (Lipinski definition) is 6. The van der Waals surface area contributed by atoms with Crippen molar-refractivity contribution in [3.05, 3.63) is 61.8 Å². The fourth-order valence-electron chi connectivity index (χ4n) is 2.57. The number of nitrogens with one attached hydrogen (secondary N) is 2. The molecule has 1 aromatic heterocycles. The Morgan fingerprint density at radius 2 is 1.93 bits per heavy atom. The summed E-state index contributed by atoms with van der Waals surface area (Å²) in [6.45, 7) is 0. The maximum absolute atomic E-state index is 12.4. The largest absolute Gasteiger partial charge is 0.493 e. The average Bonchev–Trinajstić information content (AvgIpc) is 2.68. The number of methoxy groups -OCH3 is 2. The SMILES string of the molecule is COc1cc(-c2nc(Nc3ccc(Cl)cc3)[nH]c(=O)c2C#N)cc(Br)c1OC. The number of rotatable bonds is 5. The highest BCUT2D eigenvalue weighted by Crippen LogP contribution is 2.39. The Morgan fingerprint density at radius 1 is 1.21 bits per heavy atom. The van der Waals surface area contributed by atoms with Gasteiger partial charge in [0.1, 0.15) is 11.6 Å². The normalized spacial score (nSPS) is 10.2. The van der Waals surface area contributed by atoms with E-state index in [1.54, 1.807) is 36.4 Å². The summed E-state index contributed by atoms with van der Waals surface area (Å²) in [6, 6.07) is 12.2. The molecule has 0 fully saturated rings. The molecule has 0 aliphatic carbocycles. The molecule has 9 heteroatoms. The van der Waals surface area contributed by atoms with Crippen LogP contribution in [0.15, 0.2) is 45.7 Å². The van der Waals surface area contributed by atoms with E-state index in [-0.39, 0.29) is 17.2 Å². The van der Waals surface area contributed by atoms with Crippen molar-refractivity contribution in [1.29, 1.82) is 5.26 Å². The number of halogens is 2. The van der Waals surface area contributed by atoms with Crippen LogP contribution < -0.4 is 20.3 Å². The monoisotopic (exact) mass is 460 g/mol. The molecule has 7 nitrogen and oxygen atoms in total. The zero-order chi connectivity index (χ0) is 20.3. The van der Waals surface area contributed by atoms with Crippen molar-refractivity contribution in [2.75, 3.05) is 19.5 Å². The lowest BCUT2D eigenvalue weighted by molar-refractivity contribution is 0.353. The number of aromatic nitrogens is 2. The number of aromatic amines is 1. The number of anilines is 2. The minimum absolute atomic E-state index is 0.110. The second kappa shape index (κ2) is 8.33. The predicted molar refractivity (Wildman–Crippen MR) is 111 cm³/mol. The molecular formula is C19H14BrClN4O3. The first kappa shape index (κ1) is 19.7. The highest BCUT2D eigenvalue weighted by Gasteiger charge is 2.18. The number of nitriles is 1. The van der Waals surface area contributed by atoms with E-state index in [0.29, 0.717) is 32.2 Å². The molecule has 0 bridgehead atoms. The molecule has 3 aromatic rings. The van der Waals surface area contributed by atoms with Crippen LogP contribution in [-0.2, 0) is 0 Å². The van der Waals surface area contributed by atoms with Gasteiger partial charge in [0, 0.05) is 16.3 Å². The molecule has 0 saturated carbocycles. The van der Waals surface area contributed by atoms with Crippen LogP contribution in [0.1, 0.15) is 5.56 Å². The molecule has 0 amide bonds. The van der Waals surface area contributed by atoms with E-state index < -0.39 is 5.56 Å². The van der Waals surface area contributed by atoms with Crippen molar-refractivity contribution in [1.82, 2.24) is 9.97 Å². The van der Waals surface area contributed by atoms with Crippen molar-refractivity contribution >= 4 is 39.2 Å². The van der Waals surface area contributed by atoms with Gasteiger partial charge in [-0.1, -0.05) is 11.6 Å². The Balaban J connectivity index is 2.13. The van der Waals surface area contributed by atoms with Crippen LogP contribution in [0.3, 0.4) is 0 Å². The van der Waals surface area contributed by atoms with E-state index in [1.807, 2.05) is 6.07 Å². The molecule has 0 spiro atoms. The molecule has 3 rings (SSSR count). The Labute approximate surface area is 174 Å². The molecule has 0 atom stereocenters. The van der Waals surface area contributed by atoms with Crippen molar-refractivity contribution in [3.8, 4) is 28.8 Å². The van der Waals surface area contributed by atoms with Crippen LogP contribution in [0.25, 0.3) is 11.3 Å². The summed E-state index contributed by atoms with van der Waals surface area (Å²) in [4.78, 5) is 19.4. The molecule has 0 aliphatic heterocycles. The lowest BCUT2D eigenvalue weighted by Gasteiger charge is -2.13. The Bertz CT molecular complexity index is 1120. The maximum atomic E-state index is 12.4. The summed E-state index contributed by atoms with van der Waals surface area (Å²) < 4.78 is 11.2. The zero-order valence-electron chi connectivity index (χ0n) is 14.8. The van der Waals surface area contributed by atoms with Crippen LogP contribution in [0.5, 0.6) is 11.5 Å². The number of benzene rings is 2. The topological polar surface area (TPSA) is 100 Å². The van der Waals surface area contributed by atoms with Crippen LogP contribution in [0.2, 0.25) is 5.02 Å². The van der Waals surface area contributed by atoms with Gasteiger partial charge in [-0.2, -0.15) is 5.26 Å². The molecule has 0 radical (unpaired) electrons. The van der Waals surface area contributed by atoms with Crippen LogP contribution in [0.4, 0.5) is 11.6 Å². The minimum Gasteiger partial charge on any atom is -0.493 e. The number of H-pyrrole nitrogens is 1. The van der Waals surface area contributed by atoms with Gasteiger partial charge in [-0.15, -0.1) is 0 Å². The molecular weight excluding hydrogens is 448 g/mol. The number of ether oxygens (including phenoxy) is 2. The summed E-state index contributed by atoms with van der Waals surface area (Å²) in [5.74, 6) is 1.12. The van der Waals surface area contributed by atoms with Crippen molar-refractivity contribution < 1.29 is 9.47 Å². The van der Waals surface area contributed by atoms with Gasteiger partial charge in [-0.25, -0.2) is 4.98 Å². The lowest BCUT2D eigenvalue weighted by atomic mass is 10.1. The van der Waals surface area contributed by atoms with Crippen molar-refractivity contribution in [2.24, 2.45) is 0 Å². The van der Waals surface area contributed by atoms with E-state index in [4.69, 9.17) is 21.1 Å². The second-order valence-electron chi connectivity index (χ2n) is 5.58. The minimum atomic E-state index is -0.560. The quantitative estimate of drug-likeness (QED) is 0.581. The highest BCUT2D eigenvalue weighted by molar-refractivity contribution is 9.10. The molecule has 1 heterocycles. The molecule has 2 aromatic carbocycles. The average molecular weight is 462 g/mol. The first-order valence-corrected chi connectivity index (χ1v) is 9.12. The van der Waals surface area contributed by atoms with Gasteiger partial charge in [-0.3, -0.25) is 9.78 Å². The Hall–Kier alpha value is -3.02. The first-order valence-electron chi connectivity index (χ1n) is 7.95. The summed E-state index contributed by atoms with van der Waals surface area (Å²) in [6.07, 6.45) is 0. The smallest absolute Gasteiger partial charge is 0.270 e. The van der Waals surface area contributed by atoms with Gasteiger partial charge in [-0.05, 0) is 52.3 Å². The van der Waals surface area contributed by atoms with Gasteiger partial charge in [0.25, 0.3) is 5.56 Å². The predicted octanol–water partition coefficient (Wildman–Crippen LogP) is 4.49. The Morgan fingerprint density at radius 3 is 2.54 bits per heavy atom. The summed E-state index contributed by atoms with van der Waals surface area (Å²) in [7, 11) is 3.01. The van der Waals surface area contributed by atoms with E-state index in [9.17, 15) is 10.1 Å². The van der Waals surface area contributed by atoms with E-state index in [1.165, 1.54) is 14.2 Å². The number of hydrogen-bond donors (Lipinski definition) is 2. The first-order chi connectivity index (χ1) is 13.5. The fourth-order valence-corrected chi connectivity index (χ4v) is 3.30. The second-order valence-corrected chi connectivity index (χ2v) is 6.87. The van der Waals surface area contributed by atoms with Crippen molar-refractivity contribution in [3.63, 3.8) is 0 Å². The van der Waals surface area contributed by atoms with E-state index in [0.717, 1.165) is 0 Å². The van der Waals surface area contributed by atoms with Crippen LogP contribution in [-0.4, -0.2) is 24.2 Å².